The van der Waals surface area contributed by atoms with Crippen molar-refractivity contribution in [3.63, 3.8) is 0 Å². The third-order valence-corrected chi connectivity index (χ3v) is 8.69. The summed E-state index contributed by atoms with van der Waals surface area (Å²) in [5.41, 5.74) is 0. The van der Waals surface area contributed by atoms with Gasteiger partial charge >= 0.3 is 5.97 Å². The smallest absolute Gasteiger partial charge is 0.303 e. The van der Waals surface area contributed by atoms with E-state index in [2.05, 4.69) is 47.7 Å². The van der Waals surface area contributed by atoms with Crippen LogP contribution in [0.4, 0.5) is 0 Å². The van der Waals surface area contributed by atoms with Crippen molar-refractivity contribution < 1.29 is 14.3 Å². The van der Waals surface area contributed by atoms with E-state index in [9.17, 15) is 4.79 Å². The van der Waals surface area contributed by atoms with Crippen LogP contribution in [0.5, 0.6) is 0 Å². The van der Waals surface area contributed by atoms with E-state index in [-0.39, 0.29) is 11.5 Å². The maximum atomic E-state index is 10.5. The molecule has 0 rings (SSSR count). The Bertz CT molecular complexity index is 282. The molecule has 4 heteroatoms. The molecule has 0 bridgehead atoms. The minimum Gasteiger partial charge on any atom is -0.481 e. The maximum absolute atomic E-state index is 10.5. The molecule has 19 heavy (non-hydrogen) atoms. The van der Waals surface area contributed by atoms with Gasteiger partial charge in [-0.15, -0.1) is 0 Å². The van der Waals surface area contributed by atoms with Gasteiger partial charge in [0.2, 0.25) is 0 Å². The first-order valence-electron chi connectivity index (χ1n) is 7.31. The van der Waals surface area contributed by atoms with Crippen LogP contribution in [0.2, 0.25) is 18.1 Å². The number of carbonyl (C=O) groups is 1. The lowest BCUT2D eigenvalue weighted by Crippen LogP contribution is -2.41. The Kier molecular flexibility index (Phi) is 7.30. The number of rotatable bonds is 8. The highest BCUT2D eigenvalue weighted by molar-refractivity contribution is 6.74. The minimum absolute atomic E-state index is 0.252. The summed E-state index contributed by atoms with van der Waals surface area (Å²) < 4.78 is 6.20. The molecule has 0 fully saturated rings. The number of hydrogen-bond donors (Lipinski definition) is 1. The van der Waals surface area contributed by atoms with Crippen LogP contribution in [0, 0.1) is 11.8 Å². The van der Waals surface area contributed by atoms with Gasteiger partial charge in [0, 0.05) is 13.0 Å². The van der Waals surface area contributed by atoms with E-state index in [0.29, 0.717) is 11.8 Å². The summed E-state index contributed by atoms with van der Waals surface area (Å²) in [7, 11) is -1.65. The van der Waals surface area contributed by atoms with Crippen molar-refractivity contribution in [2.45, 2.75) is 72.0 Å². The fraction of sp³-hybridized carbons (Fsp3) is 0.933. The van der Waals surface area contributed by atoms with E-state index < -0.39 is 14.3 Å². The average Bonchev–Trinajstić information content (AvgIpc) is 2.22. The Morgan fingerprint density at radius 1 is 1.21 bits per heavy atom. The van der Waals surface area contributed by atoms with Crippen molar-refractivity contribution in [3.8, 4) is 0 Å². The lowest BCUT2D eigenvalue weighted by atomic mass is 9.94. The average molecular weight is 289 g/mol. The third kappa shape index (κ3) is 7.73. The minimum atomic E-state index is -1.65. The van der Waals surface area contributed by atoms with Crippen molar-refractivity contribution >= 4 is 14.3 Å². The predicted octanol–water partition coefficient (Wildman–Crippen LogP) is 4.54. The zero-order valence-electron chi connectivity index (χ0n) is 13.7. The van der Waals surface area contributed by atoms with Gasteiger partial charge in [-0.1, -0.05) is 34.6 Å². The molecule has 3 nitrogen and oxygen atoms in total. The Hall–Kier alpha value is -0.353. The molecule has 0 saturated carbocycles. The fourth-order valence-electron chi connectivity index (χ4n) is 1.81. The lowest BCUT2D eigenvalue weighted by molar-refractivity contribution is -0.137. The molecule has 2 atom stereocenters. The molecular formula is C15H32O3Si. The summed E-state index contributed by atoms with van der Waals surface area (Å²) in [6, 6.07) is 0. The van der Waals surface area contributed by atoms with E-state index >= 15 is 0 Å². The molecule has 0 radical (unpaired) electrons. The molecule has 0 aliphatic carbocycles. The summed E-state index contributed by atoms with van der Waals surface area (Å²) in [6.07, 6.45) is 2.08. The van der Waals surface area contributed by atoms with E-state index in [4.69, 9.17) is 9.53 Å². The van der Waals surface area contributed by atoms with Crippen LogP contribution in [-0.2, 0) is 9.22 Å². The van der Waals surface area contributed by atoms with Crippen LogP contribution >= 0.6 is 0 Å². The van der Waals surface area contributed by atoms with E-state index in [1.54, 1.807) is 0 Å². The van der Waals surface area contributed by atoms with Crippen molar-refractivity contribution in [1.29, 1.82) is 0 Å². The molecule has 0 amide bonds. The Labute approximate surface area is 119 Å². The second kappa shape index (κ2) is 7.43. The molecule has 0 spiro atoms. The number of aliphatic carboxylic acids is 1. The standard InChI is InChI=1S/C15H32O3Si/c1-12(8-9-14(16)17)10-13(2)11-18-19(6,7)15(3,4)5/h12-13H,8-11H2,1-7H3,(H,16,17)/t12-,13-/m1/s1. The van der Waals surface area contributed by atoms with Gasteiger partial charge < -0.3 is 9.53 Å². The molecule has 0 saturated heterocycles. The first kappa shape index (κ1) is 18.6. The molecule has 0 aliphatic heterocycles. The van der Waals surface area contributed by atoms with E-state index in [1.807, 2.05) is 0 Å². The zero-order chi connectivity index (χ0) is 15.3. The lowest BCUT2D eigenvalue weighted by Gasteiger charge is -2.37. The van der Waals surface area contributed by atoms with Gasteiger partial charge in [0.1, 0.15) is 0 Å². The highest BCUT2D eigenvalue weighted by Gasteiger charge is 2.37. The van der Waals surface area contributed by atoms with Crippen LogP contribution in [0.3, 0.4) is 0 Å². The van der Waals surface area contributed by atoms with Crippen LogP contribution in [0.1, 0.15) is 53.9 Å². The molecule has 0 aromatic heterocycles. The van der Waals surface area contributed by atoms with E-state index in [0.717, 1.165) is 19.4 Å². The fourth-order valence-corrected chi connectivity index (χ4v) is 2.94. The largest absolute Gasteiger partial charge is 0.481 e. The first-order chi connectivity index (χ1) is 8.45. The highest BCUT2D eigenvalue weighted by Crippen LogP contribution is 2.37. The molecule has 0 heterocycles. The quantitative estimate of drug-likeness (QED) is 0.667. The number of carboxylic acid groups (broad SMARTS) is 1. The summed E-state index contributed by atoms with van der Waals surface area (Å²) in [6.45, 7) is 16.4. The third-order valence-electron chi connectivity index (χ3n) is 4.19. The van der Waals surface area contributed by atoms with Crippen LogP contribution in [0.15, 0.2) is 0 Å². The molecule has 0 aromatic rings. The molecule has 114 valence electrons. The SMILES string of the molecule is C[C@H](CCC(=O)O)C[C@@H](C)CO[Si](C)(C)C(C)(C)C. The highest BCUT2D eigenvalue weighted by atomic mass is 28.4. The molecule has 0 unspecified atom stereocenters. The van der Waals surface area contributed by atoms with Gasteiger partial charge in [0.15, 0.2) is 8.32 Å². The van der Waals surface area contributed by atoms with E-state index in [1.165, 1.54) is 0 Å². The Balaban J connectivity index is 4.05. The van der Waals surface area contributed by atoms with Crippen molar-refractivity contribution in [2.75, 3.05) is 6.61 Å². The first-order valence-corrected chi connectivity index (χ1v) is 10.2. The van der Waals surface area contributed by atoms with Gasteiger partial charge in [0.05, 0.1) is 0 Å². The van der Waals surface area contributed by atoms with Crippen LogP contribution in [0.25, 0.3) is 0 Å². The summed E-state index contributed by atoms with van der Waals surface area (Å²) in [5.74, 6) is 0.254. The van der Waals surface area contributed by atoms with Gasteiger partial charge in [-0.2, -0.15) is 0 Å². The van der Waals surface area contributed by atoms with Gasteiger partial charge in [-0.25, -0.2) is 0 Å². The second-order valence-corrected chi connectivity index (χ2v) is 12.3. The monoisotopic (exact) mass is 288 g/mol. The number of hydrogen-bond acceptors (Lipinski definition) is 2. The van der Waals surface area contributed by atoms with Crippen LogP contribution in [-0.4, -0.2) is 26.0 Å². The van der Waals surface area contributed by atoms with Crippen LogP contribution < -0.4 is 0 Å². The Morgan fingerprint density at radius 2 is 1.74 bits per heavy atom. The molecule has 0 aromatic carbocycles. The second-order valence-electron chi connectivity index (χ2n) is 7.45. The topological polar surface area (TPSA) is 46.5 Å². The van der Waals surface area contributed by atoms with Crippen molar-refractivity contribution in [1.82, 2.24) is 0 Å². The normalized spacial score (nSPS) is 16.2. The summed E-state index contributed by atoms with van der Waals surface area (Å²) >= 11 is 0. The molecular weight excluding hydrogens is 256 g/mol. The predicted molar refractivity (Wildman–Crippen MR) is 83.0 cm³/mol. The van der Waals surface area contributed by atoms with Gasteiger partial charge in [-0.3, -0.25) is 4.79 Å². The number of carboxylic acids is 1. The van der Waals surface area contributed by atoms with Gasteiger partial charge in [0.25, 0.3) is 0 Å². The van der Waals surface area contributed by atoms with Crippen molar-refractivity contribution in [3.05, 3.63) is 0 Å². The maximum Gasteiger partial charge on any atom is 0.303 e. The molecule has 0 aliphatic rings. The van der Waals surface area contributed by atoms with Crippen molar-refractivity contribution in [2.24, 2.45) is 11.8 Å². The summed E-state index contributed by atoms with van der Waals surface area (Å²) in [5, 5.41) is 8.93. The Morgan fingerprint density at radius 3 is 2.16 bits per heavy atom. The zero-order valence-corrected chi connectivity index (χ0v) is 14.7. The van der Waals surface area contributed by atoms with Gasteiger partial charge in [-0.05, 0) is 42.8 Å². The molecule has 1 N–H and O–H groups in total. The summed E-state index contributed by atoms with van der Waals surface area (Å²) in [4.78, 5) is 10.5.